The van der Waals surface area contributed by atoms with Crippen LogP contribution in [0.4, 0.5) is 4.79 Å². The summed E-state index contributed by atoms with van der Waals surface area (Å²) in [4.78, 5) is 14.3. The Morgan fingerprint density at radius 2 is 1.76 bits per heavy atom. The molecule has 1 aliphatic rings. The Morgan fingerprint density at radius 3 is 2.35 bits per heavy atom. The van der Waals surface area contributed by atoms with Crippen molar-refractivity contribution in [2.24, 2.45) is 0 Å². The average Bonchev–Trinajstić information content (AvgIpc) is 2.38. The van der Waals surface area contributed by atoms with Crippen molar-refractivity contribution in [3.05, 3.63) is 42.1 Å². The zero-order valence-corrected chi connectivity index (χ0v) is 9.62. The maximum atomic E-state index is 10.7. The first-order valence-corrected chi connectivity index (χ1v) is 5.71. The molecule has 1 aromatic rings. The van der Waals surface area contributed by atoms with Gasteiger partial charge in [-0.2, -0.15) is 0 Å². The minimum Gasteiger partial charge on any atom is -0.465 e. The van der Waals surface area contributed by atoms with Crippen LogP contribution in [-0.2, 0) is 0 Å². The molecule has 0 radical (unpaired) electrons. The Kier molecular flexibility index (Phi) is 3.65. The molecule has 4 heteroatoms. The molecule has 17 heavy (non-hydrogen) atoms. The second-order valence-corrected chi connectivity index (χ2v) is 4.03. The molecule has 1 amide bonds. The van der Waals surface area contributed by atoms with Crippen LogP contribution in [0.1, 0.15) is 5.56 Å². The van der Waals surface area contributed by atoms with E-state index in [0.29, 0.717) is 13.1 Å². The van der Waals surface area contributed by atoms with Crippen molar-refractivity contribution >= 4 is 12.2 Å². The Hall–Kier alpha value is -1.97. The number of carbonyl (C=O) groups is 1. The van der Waals surface area contributed by atoms with Crippen LogP contribution in [0.15, 0.2) is 36.5 Å². The smallest absolute Gasteiger partial charge is 0.407 e. The molecule has 1 aliphatic heterocycles. The van der Waals surface area contributed by atoms with Gasteiger partial charge >= 0.3 is 6.09 Å². The van der Waals surface area contributed by atoms with E-state index in [0.717, 1.165) is 18.7 Å². The van der Waals surface area contributed by atoms with Crippen molar-refractivity contribution < 1.29 is 9.90 Å². The minimum absolute atomic E-state index is 0.578. The van der Waals surface area contributed by atoms with Crippen LogP contribution in [0.5, 0.6) is 0 Å². The van der Waals surface area contributed by atoms with Crippen molar-refractivity contribution in [2.45, 2.75) is 0 Å². The Morgan fingerprint density at radius 1 is 1.12 bits per heavy atom. The van der Waals surface area contributed by atoms with Gasteiger partial charge in [0.2, 0.25) is 0 Å². The number of hydrogen-bond donors (Lipinski definition) is 1. The number of piperazine rings is 1. The standard InChI is InChI=1S/C13H16N2O2/c16-13(17)15-10-8-14(9-11-15)7-6-12-4-2-1-3-5-12/h1-7H,8-11H2,(H,16,17). The highest BCUT2D eigenvalue weighted by molar-refractivity contribution is 5.65. The fourth-order valence-corrected chi connectivity index (χ4v) is 1.82. The first kappa shape index (κ1) is 11.5. The van der Waals surface area contributed by atoms with E-state index < -0.39 is 6.09 Å². The summed E-state index contributed by atoms with van der Waals surface area (Å²) in [6, 6.07) is 10.1. The molecule has 0 saturated carbocycles. The molecule has 0 aromatic heterocycles. The van der Waals surface area contributed by atoms with Crippen LogP contribution in [0.2, 0.25) is 0 Å². The lowest BCUT2D eigenvalue weighted by atomic mass is 10.2. The van der Waals surface area contributed by atoms with E-state index in [9.17, 15) is 4.79 Å². The molecule has 0 unspecified atom stereocenters. The third-order valence-corrected chi connectivity index (χ3v) is 2.86. The van der Waals surface area contributed by atoms with Crippen molar-refractivity contribution in [2.75, 3.05) is 26.2 Å². The summed E-state index contributed by atoms with van der Waals surface area (Å²) in [7, 11) is 0. The molecule has 0 bridgehead atoms. The molecule has 90 valence electrons. The van der Waals surface area contributed by atoms with Gasteiger partial charge in [-0.1, -0.05) is 30.3 Å². The summed E-state index contributed by atoms with van der Waals surface area (Å²) in [5.74, 6) is 0. The van der Waals surface area contributed by atoms with Crippen LogP contribution in [0.3, 0.4) is 0 Å². The van der Waals surface area contributed by atoms with Crippen LogP contribution in [0.25, 0.3) is 6.08 Å². The molecule has 1 fully saturated rings. The van der Waals surface area contributed by atoms with E-state index in [1.165, 1.54) is 4.90 Å². The molecule has 0 spiro atoms. The quantitative estimate of drug-likeness (QED) is 0.847. The second kappa shape index (κ2) is 5.39. The van der Waals surface area contributed by atoms with Gasteiger partial charge in [0.25, 0.3) is 0 Å². The molecule has 4 nitrogen and oxygen atoms in total. The molecule has 2 rings (SSSR count). The second-order valence-electron chi connectivity index (χ2n) is 4.03. The molecule has 1 N–H and O–H groups in total. The summed E-state index contributed by atoms with van der Waals surface area (Å²) in [6.07, 6.45) is 3.27. The lowest BCUT2D eigenvalue weighted by Crippen LogP contribution is -2.46. The summed E-state index contributed by atoms with van der Waals surface area (Å²) < 4.78 is 0. The molecule has 1 saturated heterocycles. The van der Waals surface area contributed by atoms with Crippen LogP contribution in [-0.4, -0.2) is 47.2 Å². The monoisotopic (exact) mass is 232 g/mol. The number of benzene rings is 1. The van der Waals surface area contributed by atoms with E-state index in [-0.39, 0.29) is 0 Å². The highest BCUT2D eigenvalue weighted by Crippen LogP contribution is 2.06. The zero-order valence-electron chi connectivity index (χ0n) is 9.62. The molecule has 0 aliphatic carbocycles. The predicted octanol–water partition coefficient (Wildman–Crippen LogP) is 1.95. The molecule has 0 atom stereocenters. The highest BCUT2D eigenvalue weighted by Gasteiger charge is 2.17. The maximum Gasteiger partial charge on any atom is 0.407 e. The molecule has 1 heterocycles. The van der Waals surface area contributed by atoms with E-state index in [2.05, 4.69) is 11.0 Å². The Bertz CT molecular complexity index is 395. The summed E-state index contributed by atoms with van der Waals surface area (Å²) in [5.41, 5.74) is 1.16. The number of amides is 1. The van der Waals surface area contributed by atoms with Crippen LogP contribution < -0.4 is 0 Å². The molecule has 1 aromatic carbocycles. The number of hydrogen-bond acceptors (Lipinski definition) is 2. The van der Waals surface area contributed by atoms with Crippen molar-refractivity contribution in [3.63, 3.8) is 0 Å². The Balaban J connectivity index is 1.86. The highest BCUT2D eigenvalue weighted by atomic mass is 16.4. The van der Waals surface area contributed by atoms with Gasteiger partial charge in [-0.25, -0.2) is 4.79 Å². The van der Waals surface area contributed by atoms with Gasteiger partial charge in [0.1, 0.15) is 0 Å². The van der Waals surface area contributed by atoms with Crippen LogP contribution in [0, 0.1) is 0 Å². The van der Waals surface area contributed by atoms with Gasteiger partial charge in [-0.3, -0.25) is 0 Å². The summed E-state index contributed by atoms with van der Waals surface area (Å²) >= 11 is 0. The third-order valence-electron chi connectivity index (χ3n) is 2.86. The predicted molar refractivity (Wildman–Crippen MR) is 66.6 cm³/mol. The van der Waals surface area contributed by atoms with Gasteiger partial charge < -0.3 is 14.9 Å². The van der Waals surface area contributed by atoms with Gasteiger partial charge in [-0.15, -0.1) is 0 Å². The first-order chi connectivity index (χ1) is 8.25. The normalized spacial score (nSPS) is 16.5. The fraction of sp³-hybridized carbons (Fsp3) is 0.308. The third kappa shape index (κ3) is 3.24. The van der Waals surface area contributed by atoms with Gasteiger partial charge in [0.15, 0.2) is 0 Å². The topological polar surface area (TPSA) is 43.8 Å². The largest absolute Gasteiger partial charge is 0.465 e. The van der Waals surface area contributed by atoms with E-state index in [1.54, 1.807) is 0 Å². The summed E-state index contributed by atoms with van der Waals surface area (Å²) in [5, 5.41) is 8.82. The first-order valence-electron chi connectivity index (χ1n) is 5.71. The fourth-order valence-electron chi connectivity index (χ4n) is 1.82. The van der Waals surface area contributed by atoms with Crippen molar-refractivity contribution in [1.29, 1.82) is 0 Å². The lowest BCUT2D eigenvalue weighted by molar-refractivity contribution is 0.120. The van der Waals surface area contributed by atoms with Crippen molar-refractivity contribution in [3.8, 4) is 0 Å². The van der Waals surface area contributed by atoms with Gasteiger partial charge in [0.05, 0.1) is 0 Å². The lowest BCUT2D eigenvalue weighted by Gasteiger charge is -2.32. The Labute approximate surface area is 101 Å². The average molecular weight is 232 g/mol. The van der Waals surface area contributed by atoms with Gasteiger partial charge in [-0.05, 0) is 17.8 Å². The minimum atomic E-state index is -0.823. The number of carboxylic acid groups (broad SMARTS) is 1. The number of rotatable bonds is 2. The number of nitrogens with zero attached hydrogens (tertiary/aromatic N) is 2. The van der Waals surface area contributed by atoms with E-state index in [1.807, 2.05) is 36.5 Å². The van der Waals surface area contributed by atoms with Gasteiger partial charge in [0, 0.05) is 26.2 Å². The van der Waals surface area contributed by atoms with Crippen LogP contribution >= 0.6 is 0 Å². The van der Waals surface area contributed by atoms with E-state index >= 15 is 0 Å². The molecular formula is C13H16N2O2. The maximum absolute atomic E-state index is 10.7. The SMILES string of the molecule is O=C(O)N1CCN(C=Cc2ccccc2)CC1. The zero-order chi connectivity index (χ0) is 12.1. The van der Waals surface area contributed by atoms with E-state index in [4.69, 9.17) is 5.11 Å². The summed E-state index contributed by atoms with van der Waals surface area (Å²) in [6.45, 7) is 2.67. The van der Waals surface area contributed by atoms with Crippen molar-refractivity contribution in [1.82, 2.24) is 9.80 Å². The molecular weight excluding hydrogens is 216 g/mol.